The van der Waals surface area contributed by atoms with Crippen molar-refractivity contribution in [3.8, 4) is 17.2 Å². The van der Waals surface area contributed by atoms with E-state index in [0.717, 1.165) is 0 Å². The van der Waals surface area contributed by atoms with Gasteiger partial charge in [0.05, 0.1) is 27.9 Å². The van der Waals surface area contributed by atoms with E-state index in [-0.39, 0.29) is 6.61 Å². The van der Waals surface area contributed by atoms with Crippen molar-refractivity contribution in [2.24, 2.45) is 0 Å². The van der Waals surface area contributed by atoms with Crippen LogP contribution in [0.25, 0.3) is 0 Å². The smallest absolute Gasteiger partial charge is 0.328 e. The summed E-state index contributed by atoms with van der Waals surface area (Å²) in [5.41, 5.74) is 0.472. The maximum Gasteiger partial charge on any atom is 0.328 e. The van der Waals surface area contributed by atoms with Gasteiger partial charge in [-0.15, -0.1) is 11.6 Å². The average Bonchev–Trinajstić information content (AvgIpc) is 2.44. The Balaban J connectivity index is 3.24. The first-order valence-electron chi connectivity index (χ1n) is 5.70. The summed E-state index contributed by atoms with van der Waals surface area (Å²) in [5.74, 6) is 0.706. The number of halogens is 1. The molecule has 0 amide bonds. The Morgan fingerprint density at radius 2 is 1.79 bits per heavy atom. The molecule has 0 bridgehead atoms. The molecule has 1 aromatic rings. The van der Waals surface area contributed by atoms with Gasteiger partial charge in [-0.2, -0.15) is 0 Å². The second-order valence-corrected chi connectivity index (χ2v) is 3.97. The highest BCUT2D eigenvalue weighted by Crippen LogP contribution is 2.43. The standard InChI is InChI=1S/C13H17ClO5/c1-5-19-13(15)10(14)8-6-7-9(16-2)12(18-4)11(8)17-3/h6-7,10H,5H2,1-4H3. The van der Waals surface area contributed by atoms with Gasteiger partial charge >= 0.3 is 5.97 Å². The molecule has 0 aliphatic heterocycles. The summed E-state index contributed by atoms with van der Waals surface area (Å²) in [7, 11) is 4.47. The van der Waals surface area contributed by atoms with Gasteiger partial charge < -0.3 is 18.9 Å². The van der Waals surface area contributed by atoms with E-state index in [1.165, 1.54) is 21.3 Å². The molecule has 0 N–H and O–H groups in total. The lowest BCUT2D eigenvalue weighted by Gasteiger charge is -2.17. The molecule has 0 aliphatic carbocycles. The highest BCUT2D eigenvalue weighted by molar-refractivity contribution is 6.30. The molecule has 19 heavy (non-hydrogen) atoms. The lowest BCUT2D eigenvalue weighted by molar-refractivity contribution is -0.142. The fourth-order valence-electron chi connectivity index (χ4n) is 1.67. The van der Waals surface area contributed by atoms with Crippen LogP contribution in [0.3, 0.4) is 0 Å². The summed E-state index contributed by atoms with van der Waals surface area (Å²) in [6.07, 6.45) is 0. The Morgan fingerprint density at radius 3 is 2.26 bits per heavy atom. The van der Waals surface area contributed by atoms with Crippen molar-refractivity contribution in [3.05, 3.63) is 17.7 Å². The number of carbonyl (C=O) groups is 1. The Morgan fingerprint density at radius 1 is 1.16 bits per heavy atom. The van der Waals surface area contributed by atoms with Gasteiger partial charge in [-0.1, -0.05) is 0 Å². The Kier molecular flexibility index (Phi) is 5.76. The van der Waals surface area contributed by atoms with Gasteiger partial charge in [0.25, 0.3) is 0 Å². The molecule has 0 aromatic heterocycles. The van der Waals surface area contributed by atoms with Crippen molar-refractivity contribution in [3.63, 3.8) is 0 Å². The number of alkyl halides is 1. The third kappa shape index (κ3) is 3.23. The fraction of sp³-hybridized carbons (Fsp3) is 0.462. The molecule has 0 spiro atoms. The monoisotopic (exact) mass is 288 g/mol. The number of ether oxygens (including phenoxy) is 4. The van der Waals surface area contributed by atoms with Crippen LogP contribution in [-0.2, 0) is 9.53 Å². The number of benzene rings is 1. The first-order chi connectivity index (χ1) is 9.10. The van der Waals surface area contributed by atoms with E-state index in [0.29, 0.717) is 22.8 Å². The van der Waals surface area contributed by atoms with E-state index >= 15 is 0 Å². The fourth-order valence-corrected chi connectivity index (χ4v) is 1.90. The van der Waals surface area contributed by atoms with Crippen molar-refractivity contribution in [2.75, 3.05) is 27.9 Å². The maximum atomic E-state index is 11.7. The minimum Gasteiger partial charge on any atom is -0.493 e. The average molecular weight is 289 g/mol. The summed E-state index contributed by atoms with van der Waals surface area (Å²) in [6.45, 7) is 1.98. The van der Waals surface area contributed by atoms with Gasteiger partial charge in [-0.25, -0.2) is 0 Å². The van der Waals surface area contributed by atoms with Crippen molar-refractivity contribution in [1.29, 1.82) is 0 Å². The maximum absolute atomic E-state index is 11.7. The number of rotatable bonds is 6. The molecule has 6 heteroatoms. The second kappa shape index (κ2) is 7.09. The van der Waals surface area contributed by atoms with Crippen LogP contribution in [0.4, 0.5) is 0 Å². The minimum absolute atomic E-state index is 0.262. The van der Waals surface area contributed by atoms with Crippen molar-refractivity contribution in [1.82, 2.24) is 0 Å². The SMILES string of the molecule is CCOC(=O)C(Cl)c1ccc(OC)c(OC)c1OC. The van der Waals surface area contributed by atoms with E-state index < -0.39 is 11.3 Å². The quantitative estimate of drug-likeness (QED) is 0.595. The molecule has 1 atom stereocenters. The summed E-state index contributed by atoms with van der Waals surface area (Å²) in [5, 5.41) is -0.963. The van der Waals surface area contributed by atoms with E-state index in [4.69, 9.17) is 30.5 Å². The first kappa shape index (κ1) is 15.4. The molecule has 0 heterocycles. The van der Waals surface area contributed by atoms with Crippen LogP contribution < -0.4 is 14.2 Å². The second-order valence-electron chi connectivity index (χ2n) is 3.54. The van der Waals surface area contributed by atoms with Gasteiger partial charge in [-0.3, -0.25) is 4.79 Å². The van der Waals surface area contributed by atoms with E-state index in [9.17, 15) is 4.79 Å². The lowest BCUT2D eigenvalue weighted by atomic mass is 10.1. The molecule has 0 aliphatic rings. The topological polar surface area (TPSA) is 54.0 Å². The van der Waals surface area contributed by atoms with Crippen molar-refractivity contribution in [2.45, 2.75) is 12.3 Å². The molecule has 0 saturated carbocycles. The number of esters is 1. The first-order valence-corrected chi connectivity index (χ1v) is 6.13. The van der Waals surface area contributed by atoms with Crippen LogP contribution in [0.2, 0.25) is 0 Å². The van der Waals surface area contributed by atoms with Gasteiger partial charge in [0.15, 0.2) is 16.9 Å². The minimum atomic E-state index is -0.963. The Labute approximate surface area is 117 Å². The zero-order valence-corrected chi connectivity index (χ0v) is 12.1. The number of hydrogen-bond acceptors (Lipinski definition) is 5. The van der Waals surface area contributed by atoms with Crippen LogP contribution in [-0.4, -0.2) is 33.9 Å². The highest BCUT2D eigenvalue weighted by atomic mass is 35.5. The van der Waals surface area contributed by atoms with Crippen LogP contribution in [0.5, 0.6) is 17.2 Å². The van der Waals surface area contributed by atoms with E-state index in [1.54, 1.807) is 19.1 Å². The molecule has 1 unspecified atom stereocenters. The molecule has 0 radical (unpaired) electrons. The molecule has 1 aromatic carbocycles. The van der Waals surface area contributed by atoms with Crippen LogP contribution >= 0.6 is 11.6 Å². The molecular weight excluding hydrogens is 272 g/mol. The van der Waals surface area contributed by atoms with Crippen molar-refractivity contribution < 1.29 is 23.7 Å². The number of carbonyl (C=O) groups excluding carboxylic acids is 1. The van der Waals surface area contributed by atoms with E-state index in [1.807, 2.05) is 0 Å². The van der Waals surface area contributed by atoms with Gasteiger partial charge in [0.1, 0.15) is 0 Å². The van der Waals surface area contributed by atoms with Crippen LogP contribution in [0.1, 0.15) is 17.9 Å². The summed E-state index contributed by atoms with van der Waals surface area (Å²) >= 11 is 6.09. The Hall–Kier alpha value is -1.62. The summed E-state index contributed by atoms with van der Waals surface area (Å²) in [6, 6.07) is 3.31. The summed E-state index contributed by atoms with van der Waals surface area (Å²) < 4.78 is 20.5. The third-order valence-corrected chi connectivity index (χ3v) is 2.91. The van der Waals surface area contributed by atoms with Crippen LogP contribution in [0.15, 0.2) is 12.1 Å². The van der Waals surface area contributed by atoms with Crippen LogP contribution in [0, 0.1) is 0 Å². The zero-order valence-electron chi connectivity index (χ0n) is 11.4. The lowest BCUT2D eigenvalue weighted by Crippen LogP contribution is -2.12. The van der Waals surface area contributed by atoms with Gasteiger partial charge in [-0.05, 0) is 19.1 Å². The molecule has 0 fully saturated rings. The van der Waals surface area contributed by atoms with Gasteiger partial charge in [0.2, 0.25) is 5.75 Å². The van der Waals surface area contributed by atoms with E-state index in [2.05, 4.69) is 0 Å². The molecule has 5 nitrogen and oxygen atoms in total. The number of hydrogen-bond donors (Lipinski definition) is 0. The van der Waals surface area contributed by atoms with Crippen molar-refractivity contribution >= 4 is 17.6 Å². The third-order valence-electron chi connectivity index (χ3n) is 2.50. The largest absolute Gasteiger partial charge is 0.493 e. The number of methoxy groups -OCH3 is 3. The molecule has 0 saturated heterocycles. The predicted octanol–water partition coefficient (Wildman–Crippen LogP) is 2.56. The van der Waals surface area contributed by atoms with Gasteiger partial charge in [0, 0.05) is 5.56 Å². The Bertz CT molecular complexity index is 447. The molecule has 1 rings (SSSR count). The predicted molar refractivity (Wildman–Crippen MR) is 71.3 cm³/mol. The molecule has 106 valence electrons. The molecular formula is C13H17ClO5. The highest BCUT2D eigenvalue weighted by Gasteiger charge is 2.26. The summed E-state index contributed by atoms with van der Waals surface area (Å²) in [4.78, 5) is 11.7. The zero-order chi connectivity index (χ0) is 14.4. The normalized spacial score (nSPS) is 11.6.